The highest BCUT2D eigenvalue weighted by atomic mass is 16.5. The summed E-state index contributed by atoms with van der Waals surface area (Å²) in [5.41, 5.74) is 1.35. The molecule has 2 rings (SSSR count). The Morgan fingerprint density at radius 1 is 1.20 bits per heavy atom. The maximum Gasteiger partial charge on any atom is 0.338 e. The van der Waals surface area contributed by atoms with E-state index in [0.717, 1.165) is 18.8 Å². The third kappa shape index (κ3) is 5.46. The van der Waals surface area contributed by atoms with Crippen LogP contribution in [0.1, 0.15) is 17.3 Å². The van der Waals surface area contributed by atoms with Gasteiger partial charge in [0.15, 0.2) is 6.10 Å². The standard InChI is InChI=1S/C17H22N2O6/c1-12(16(21)18-11-15(20)23-2)25-17(22)13-3-5-14(6-4-13)19-7-9-24-10-8-19/h3-6,12H,7-11H2,1-2H3,(H,18,21)/t12-/m0/s1. The lowest BCUT2D eigenvalue weighted by molar-refractivity contribution is -0.142. The quantitative estimate of drug-likeness (QED) is 0.740. The molecule has 1 aliphatic heterocycles. The Morgan fingerprint density at radius 2 is 1.84 bits per heavy atom. The number of rotatable bonds is 6. The SMILES string of the molecule is COC(=O)CNC(=O)[C@H](C)OC(=O)c1ccc(N2CCOCC2)cc1. The molecule has 0 unspecified atom stereocenters. The number of hydrogen-bond donors (Lipinski definition) is 1. The van der Waals surface area contributed by atoms with Gasteiger partial charge in [0.2, 0.25) is 0 Å². The van der Waals surface area contributed by atoms with Gasteiger partial charge in [-0.3, -0.25) is 9.59 Å². The van der Waals surface area contributed by atoms with Crippen LogP contribution >= 0.6 is 0 Å². The Hall–Kier alpha value is -2.61. The Labute approximate surface area is 146 Å². The summed E-state index contributed by atoms with van der Waals surface area (Å²) in [5.74, 6) is -1.75. The lowest BCUT2D eigenvalue weighted by atomic mass is 10.2. The molecule has 0 radical (unpaired) electrons. The highest BCUT2D eigenvalue weighted by molar-refractivity contribution is 5.93. The van der Waals surface area contributed by atoms with E-state index in [1.165, 1.54) is 14.0 Å². The number of benzene rings is 1. The summed E-state index contributed by atoms with van der Waals surface area (Å²) in [5, 5.41) is 2.33. The van der Waals surface area contributed by atoms with E-state index in [1.54, 1.807) is 12.1 Å². The van der Waals surface area contributed by atoms with Crippen LogP contribution < -0.4 is 10.2 Å². The van der Waals surface area contributed by atoms with Crippen LogP contribution in [0, 0.1) is 0 Å². The first-order valence-electron chi connectivity index (χ1n) is 7.99. The summed E-state index contributed by atoms with van der Waals surface area (Å²) >= 11 is 0. The fourth-order valence-electron chi connectivity index (χ4n) is 2.29. The van der Waals surface area contributed by atoms with Crippen molar-refractivity contribution in [3.63, 3.8) is 0 Å². The Balaban J connectivity index is 1.87. The van der Waals surface area contributed by atoms with Crippen LogP contribution in [0.2, 0.25) is 0 Å². The zero-order chi connectivity index (χ0) is 18.2. The number of nitrogens with one attached hydrogen (secondary N) is 1. The number of amides is 1. The molecule has 0 saturated carbocycles. The van der Waals surface area contributed by atoms with Gasteiger partial charge < -0.3 is 24.4 Å². The molecule has 8 nitrogen and oxygen atoms in total. The first-order chi connectivity index (χ1) is 12.0. The topological polar surface area (TPSA) is 94.2 Å². The molecule has 136 valence electrons. The van der Waals surface area contributed by atoms with Gasteiger partial charge in [0.1, 0.15) is 6.54 Å². The number of hydrogen-bond acceptors (Lipinski definition) is 7. The van der Waals surface area contributed by atoms with Gasteiger partial charge in [0, 0.05) is 18.8 Å². The van der Waals surface area contributed by atoms with Gasteiger partial charge >= 0.3 is 11.9 Å². The van der Waals surface area contributed by atoms with Crippen molar-refractivity contribution in [2.24, 2.45) is 0 Å². The summed E-state index contributed by atoms with van der Waals surface area (Å²) in [4.78, 5) is 37.0. The van der Waals surface area contributed by atoms with Crippen LogP contribution in [0.5, 0.6) is 0 Å². The van der Waals surface area contributed by atoms with Crippen molar-refractivity contribution in [3.05, 3.63) is 29.8 Å². The number of carbonyl (C=O) groups is 3. The van der Waals surface area contributed by atoms with Gasteiger partial charge in [-0.2, -0.15) is 0 Å². The van der Waals surface area contributed by atoms with Crippen LogP contribution in [0.3, 0.4) is 0 Å². The number of nitrogens with zero attached hydrogens (tertiary/aromatic N) is 1. The normalized spacial score (nSPS) is 15.2. The molecular formula is C17H22N2O6. The molecule has 0 aromatic heterocycles. The number of methoxy groups -OCH3 is 1. The molecular weight excluding hydrogens is 328 g/mol. The van der Waals surface area contributed by atoms with Gasteiger partial charge in [0.05, 0.1) is 25.9 Å². The van der Waals surface area contributed by atoms with E-state index < -0.39 is 23.9 Å². The molecule has 1 amide bonds. The van der Waals surface area contributed by atoms with E-state index in [1.807, 2.05) is 12.1 Å². The third-order valence-corrected chi connectivity index (χ3v) is 3.77. The van der Waals surface area contributed by atoms with Gasteiger partial charge in [0.25, 0.3) is 5.91 Å². The maximum atomic E-state index is 12.1. The zero-order valence-corrected chi connectivity index (χ0v) is 14.3. The van der Waals surface area contributed by atoms with Crippen LogP contribution in [-0.2, 0) is 23.8 Å². The smallest absolute Gasteiger partial charge is 0.338 e. The Morgan fingerprint density at radius 3 is 2.44 bits per heavy atom. The molecule has 1 aromatic rings. The fourth-order valence-corrected chi connectivity index (χ4v) is 2.29. The van der Waals surface area contributed by atoms with Crippen molar-refractivity contribution in [3.8, 4) is 0 Å². The third-order valence-electron chi connectivity index (χ3n) is 3.77. The molecule has 1 aromatic carbocycles. The summed E-state index contributed by atoms with van der Waals surface area (Å²) in [6.45, 7) is 4.14. The summed E-state index contributed by atoms with van der Waals surface area (Å²) in [7, 11) is 1.22. The van der Waals surface area contributed by atoms with Crippen LogP contribution in [0.25, 0.3) is 0 Å². The van der Waals surface area contributed by atoms with Gasteiger partial charge in [-0.15, -0.1) is 0 Å². The molecule has 1 aliphatic rings. The van der Waals surface area contributed by atoms with E-state index in [0.29, 0.717) is 18.8 Å². The lowest BCUT2D eigenvalue weighted by Crippen LogP contribution is -2.38. The second-order valence-corrected chi connectivity index (χ2v) is 5.49. The first kappa shape index (κ1) is 18.7. The molecule has 1 saturated heterocycles. The number of esters is 2. The minimum atomic E-state index is -1.02. The Bertz CT molecular complexity index is 610. The van der Waals surface area contributed by atoms with E-state index >= 15 is 0 Å². The maximum absolute atomic E-state index is 12.1. The molecule has 1 atom stereocenters. The summed E-state index contributed by atoms with van der Waals surface area (Å²) in [6.07, 6.45) is -1.02. The lowest BCUT2D eigenvalue weighted by Gasteiger charge is -2.28. The van der Waals surface area contributed by atoms with Crippen LogP contribution in [0.4, 0.5) is 5.69 Å². The minimum Gasteiger partial charge on any atom is -0.468 e. The van der Waals surface area contributed by atoms with E-state index in [4.69, 9.17) is 9.47 Å². The monoisotopic (exact) mass is 350 g/mol. The van der Waals surface area contributed by atoms with Crippen molar-refractivity contribution in [2.45, 2.75) is 13.0 Å². The van der Waals surface area contributed by atoms with Crippen molar-refractivity contribution in [1.82, 2.24) is 5.32 Å². The Kier molecular flexibility index (Phi) is 6.76. The zero-order valence-electron chi connectivity index (χ0n) is 14.3. The minimum absolute atomic E-state index is 0.272. The highest BCUT2D eigenvalue weighted by Crippen LogP contribution is 2.17. The fraction of sp³-hybridized carbons (Fsp3) is 0.471. The van der Waals surface area contributed by atoms with Gasteiger partial charge in [-0.05, 0) is 31.2 Å². The summed E-state index contributed by atoms with van der Waals surface area (Å²) < 4.78 is 14.8. The van der Waals surface area contributed by atoms with Crippen LogP contribution in [-0.4, -0.2) is 63.9 Å². The van der Waals surface area contributed by atoms with Crippen molar-refractivity contribution in [2.75, 3.05) is 44.9 Å². The second-order valence-electron chi connectivity index (χ2n) is 5.49. The van der Waals surface area contributed by atoms with Gasteiger partial charge in [-0.1, -0.05) is 0 Å². The second kappa shape index (κ2) is 9.03. The molecule has 25 heavy (non-hydrogen) atoms. The van der Waals surface area contributed by atoms with E-state index in [-0.39, 0.29) is 6.54 Å². The molecule has 0 aliphatic carbocycles. The number of morpholine rings is 1. The number of anilines is 1. The first-order valence-corrected chi connectivity index (χ1v) is 7.99. The molecule has 1 heterocycles. The number of ether oxygens (including phenoxy) is 3. The molecule has 8 heteroatoms. The molecule has 0 bridgehead atoms. The van der Waals surface area contributed by atoms with E-state index in [9.17, 15) is 14.4 Å². The van der Waals surface area contributed by atoms with Crippen molar-refractivity contribution < 1.29 is 28.6 Å². The molecule has 1 N–H and O–H groups in total. The van der Waals surface area contributed by atoms with Crippen molar-refractivity contribution in [1.29, 1.82) is 0 Å². The molecule has 0 spiro atoms. The van der Waals surface area contributed by atoms with Crippen LogP contribution in [0.15, 0.2) is 24.3 Å². The average Bonchev–Trinajstić information content (AvgIpc) is 2.66. The molecule has 1 fully saturated rings. The number of carbonyl (C=O) groups excluding carboxylic acids is 3. The highest BCUT2D eigenvalue weighted by Gasteiger charge is 2.20. The predicted octanol–water partition coefficient (Wildman–Crippen LogP) is 0.358. The largest absolute Gasteiger partial charge is 0.468 e. The summed E-state index contributed by atoms with van der Waals surface area (Å²) in [6, 6.07) is 6.99. The van der Waals surface area contributed by atoms with E-state index in [2.05, 4.69) is 15.0 Å². The predicted molar refractivity (Wildman–Crippen MR) is 89.4 cm³/mol. The van der Waals surface area contributed by atoms with Crippen molar-refractivity contribution >= 4 is 23.5 Å². The van der Waals surface area contributed by atoms with Gasteiger partial charge in [-0.25, -0.2) is 4.79 Å². The average molecular weight is 350 g/mol.